The fourth-order valence-electron chi connectivity index (χ4n) is 2.28. The number of rotatable bonds is 9. The van der Waals surface area contributed by atoms with Gasteiger partial charge in [0.15, 0.2) is 18.1 Å². The van der Waals surface area contributed by atoms with Crippen LogP contribution in [0.15, 0.2) is 42.5 Å². The van der Waals surface area contributed by atoms with Crippen LogP contribution in [0.25, 0.3) is 0 Å². The standard InChI is InChI=1S/C20H23NO6/c1-4-25-17-11-8-15(12-18(17)26-5-2)21-19(22)13-27-16-9-6-14(7-10-16)20(23)24-3/h6-12H,4-5,13H2,1-3H3,(H,21,22). The van der Waals surface area contributed by atoms with Crippen LogP contribution >= 0.6 is 0 Å². The van der Waals surface area contributed by atoms with E-state index in [1.807, 2.05) is 13.8 Å². The van der Waals surface area contributed by atoms with Crippen LogP contribution in [0.2, 0.25) is 0 Å². The fourth-order valence-corrected chi connectivity index (χ4v) is 2.28. The smallest absolute Gasteiger partial charge is 0.337 e. The molecule has 144 valence electrons. The van der Waals surface area contributed by atoms with E-state index in [4.69, 9.17) is 14.2 Å². The van der Waals surface area contributed by atoms with Crippen molar-refractivity contribution in [1.82, 2.24) is 0 Å². The Morgan fingerprint density at radius 3 is 2.19 bits per heavy atom. The predicted molar refractivity (Wildman–Crippen MR) is 101 cm³/mol. The lowest BCUT2D eigenvalue weighted by Gasteiger charge is -2.13. The number of anilines is 1. The first-order chi connectivity index (χ1) is 13.1. The molecule has 0 aliphatic heterocycles. The highest BCUT2D eigenvalue weighted by Gasteiger charge is 2.10. The summed E-state index contributed by atoms with van der Waals surface area (Å²) in [5.74, 6) is 0.911. The van der Waals surface area contributed by atoms with Crippen molar-refractivity contribution in [2.45, 2.75) is 13.8 Å². The molecule has 0 radical (unpaired) electrons. The predicted octanol–water partition coefficient (Wildman–Crippen LogP) is 3.29. The summed E-state index contributed by atoms with van der Waals surface area (Å²) in [6.07, 6.45) is 0. The Bertz CT molecular complexity index is 773. The first-order valence-electron chi connectivity index (χ1n) is 8.58. The van der Waals surface area contributed by atoms with Gasteiger partial charge in [0.1, 0.15) is 5.75 Å². The molecule has 0 atom stereocenters. The maximum atomic E-state index is 12.1. The van der Waals surface area contributed by atoms with Gasteiger partial charge in [0.05, 0.1) is 25.9 Å². The average molecular weight is 373 g/mol. The number of hydrogen-bond acceptors (Lipinski definition) is 6. The van der Waals surface area contributed by atoms with E-state index in [0.717, 1.165) is 0 Å². The van der Waals surface area contributed by atoms with E-state index < -0.39 is 5.97 Å². The number of amides is 1. The minimum Gasteiger partial charge on any atom is -0.490 e. The van der Waals surface area contributed by atoms with E-state index in [1.54, 1.807) is 42.5 Å². The zero-order valence-electron chi connectivity index (χ0n) is 15.6. The molecule has 0 aliphatic rings. The normalized spacial score (nSPS) is 10.0. The fraction of sp³-hybridized carbons (Fsp3) is 0.300. The molecule has 7 nitrogen and oxygen atoms in total. The number of methoxy groups -OCH3 is 1. The molecule has 27 heavy (non-hydrogen) atoms. The van der Waals surface area contributed by atoms with Crippen LogP contribution < -0.4 is 19.5 Å². The van der Waals surface area contributed by atoms with Crippen molar-refractivity contribution >= 4 is 17.6 Å². The molecule has 0 heterocycles. The molecule has 0 fully saturated rings. The summed E-state index contributed by atoms with van der Waals surface area (Å²) in [4.78, 5) is 23.5. The van der Waals surface area contributed by atoms with Crippen LogP contribution in [0.5, 0.6) is 17.2 Å². The maximum absolute atomic E-state index is 12.1. The Hall–Kier alpha value is -3.22. The molecule has 0 saturated heterocycles. The third-order valence-electron chi connectivity index (χ3n) is 3.47. The molecule has 2 aromatic rings. The van der Waals surface area contributed by atoms with E-state index in [2.05, 4.69) is 10.1 Å². The molecular weight excluding hydrogens is 350 g/mol. The summed E-state index contributed by atoms with van der Waals surface area (Å²) >= 11 is 0. The van der Waals surface area contributed by atoms with Gasteiger partial charge in [-0.2, -0.15) is 0 Å². The van der Waals surface area contributed by atoms with Gasteiger partial charge in [-0.3, -0.25) is 4.79 Å². The van der Waals surface area contributed by atoms with Crippen molar-refractivity contribution in [2.75, 3.05) is 32.2 Å². The quantitative estimate of drug-likeness (QED) is 0.679. The van der Waals surface area contributed by atoms with Gasteiger partial charge in [0.2, 0.25) is 0 Å². The lowest BCUT2D eigenvalue weighted by molar-refractivity contribution is -0.118. The van der Waals surface area contributed by atoms with E-state index in [1.165, 1.54) is 7.11 Å². The van der Waals surface area contributed by atoms with Gasteiger partial charge in [0, 0.05) is 11.8 Å². The van der Waals surface area contributed by atoms with Crippen LogP contribution in [0.4, 0.5) is 5.69 Å². The number of nitrogens with one attached hydrogen (secondary N) is 1. The second-order valence-corrected chi connectivity index (χ2v) is 5.38. The maximum Gasteiger partial charge on any atom is 0.337 e. The number of carbonyl (C=O) groups excluding carboxylic acids is 2. The Labute approximate surface area is 158 Å². The highest BCUT2D eigenvalue weighted by Crippen LogP contribution is 2.30. The monoisotopic (exact) mass is 373 g/mol. The molecule has 0 spiro atoms. The number of ether oxygens (including phenoxy) is 4. The highest BCUT2D eigenvalue weighted by molar-refractivity contribution is 5.92. The molecule has 1 N–H and O–H groups in total. The topological polar surface area (TPSA) is 83.1 Å². The number of benzene rings is 2. The van der Waals surface area contributed by atoms with Gasteiger partial charge in [0.25, 0.3) is 5.91 Å². The number of carbonyl (C=O) groups is 2. The third kappa shape index (κ3) is 5.91. The van der Waals surface area contributed by atoms with E-state index in [-0.39, 0.29) is 12.5 Å². The largest absolute Gasteiger partial charge is 0.490 e. The highest BCUT2D eigenvalue weighted by atomic mass is 16.5. The molecule has 2 aromatic carbocycles. The Balaban J connectivity index is 1.93. The summed E-state index contributed by atoms with van der Waals surface area (Å²) < 4.78 is 21.1. The molecule has 0 saturated carbocycles. The Kier molecular flexibility index (Phi) is 7.49. The molecule has 1 amide bonds. The molecule has 0 unspecified atom stereocenters. The van der Waals surface area contributed by atoms with Crippen LogP contribution in [0.1, 0.15) is 24.2 Å². The van der Waals surface area contributed by atoms with Gasteiger partial charge < -0.3 is 24.3 Å². The summed E-state index contributed by atoms with van der Waals surface area (Å²) in [6, 6.07) is 11.5. The van der Waals surface area contributed by atoms with Crippen molar-refractivity contribution in [1.29, 1.82) is 0 Å². The Morgan fingerprint density at radius 1 is 0.889 bits per heavy atom. The molecule has 2 rings (SSSR count). The summed E-state index contributed by atoms with van der Waals surface area (Å²) in [7, 11) is 1.31. The van der Waals surface area contributed by atoms with Crippen molar-refractivity contribution < 1.29 is 28.5 Å². The lowest BCUT2D eigenvalue weighted by Crippen LogP contribution is -2.20. The molecule has 0 bridgehead atoms. The Morgan fingerprint density at radius 2 is 1.56 bits per heavy atom. The number of hydrogen-bond donors (Lipinski definition) is 1. The zero-order chi connectivity index (χ0) is 19.6. The van der Waals surface area contributed by atoms with Crippen molar-refractivity contribution in [3.8, 4) is 17.2 Å². The summed E-state index contributed by atoms with van der Waals surface area (Å²) in [6.45, 7) is 4.60. The SMILES string of the molecule is CCOc1ccc(NC(=O)COc2ccc(C(=O)OC)cc2)cc1OCC. The van der Waals surface area contributed by atoms with Crippen LogP contribution in [-0.4, -0.2) is 38.8 Å². The van der Waals surface area contributed by atoms with E-state index >= 15 is 0 Å². The zero-order valence-corrected chi connectivity index (χ0v) is 15.6. The average Bonchev–Trinajstić information content (AvgIpc) is 2.68. The molecule has 7 heteroatoms. The minimum absolute atomic E-state index is 0.172. The van der Waals surface area contributed by atoms with Crippen LogP contribution in [0.3, 0.4) is 0 Å². The lowest BCUT2D eigenvalue weighted by atomic mass is 10.2. The molecular formula is C20H23NO6. The summed E-state index contributed by atoms with van der Waals surface area (Å²) in [5, 5.41) is 2.75. The summed E-state index contributed by atoms with van der Waals surface area (Å²) in [5.41, 5.74) is 0.990. The van der Waals surface area contributed by atoms with E-state index in [9.17, 15) is 9.59 Å². The molecule has 0 aliphatic carbocycles. The number of esters is 1. The van der Waals surface area contributed by atoms with Crippen LogP contribution in [-0.2, 0) is 9.53 Å². The minimum atomic E-state index is -0.431. The van der Waals surface area contributed by atoms with Gasteiger partial charge in [-0.05, 0) is 50.2 Å². The van der Waals surface area contributed by atoms with E-state index in [0.29, 0.717) is 41.7 Å². The second kappa shape index (κ2) is 10.1. The van der Waals surface area contributed by atoms with Gasteiger partial charge >= 0.3 is 5.97 Å². The second-order valence-electron chi connectivity index (χ2n) is 5.38. The third-order valence-corrected chi connectivity index (χ3v) is 3.47. The van der Waals surface area contributed by atoms with Gasteiger partial charge in [-0.15, -0.1) is 0 Å². The van der Waals surface area contributed by atoms with Gasteiger partial charge in [-0.25, -0.2) is 4.79 Å². The van der Waals surface area contributed by atoms with Gasteiger partial charge in [-0.1, -0.05) is 0 Å². The van der Waals surface area contributed by atoms with Crippen LogP contribution in [0, 0.1) is 0 Å². The van der Waals surface area contributed by atoms with Crippen molar-refractivity contribution in [2.24, 2.45) is 0 Å². The van der Waals surface area contributed by atoms with Crippen molar-refractivity contribution in [3.05, 3.63) is 48.0 Å². The molecule has 0 aromatic heterocycles. The van der Waals surface area contributed by atoms with Crippen molar-refractivity contribution in [3.63, 3.8) is 0 Å². The first kappa shape index (κ1) is 20.1. The first-order valence-corrected chi connectivity index (χ1v) is 8.58.